The lowest BCUT2D eigenvalue weighted by molar-refractivity contribution is -0.305. The number of carbonyl (C=O) groups excluding carboxylic acids is 2. The zero-order chi connectivity index (χ0) is 26.8. The van der Waals surface area contributed by atoms with E-state index in [1.807, 2.05) is 0 Å². The van der Waals surface area contributed by atoms with Crippen LogP contribution < -0.4 is 11.2 Å². The predicted octanol–water partition coefficient (Wildman–Crippen LogP) is 2.79. The van der Waals surface area contributed by atoms with Gasteiger partial charge in [-0.15, -0.1) is 0 Å². The summed E-state index contributed by atoms with van der Waals surface area (Å²) in [7, 11) is 0. The molecular weight excluding hydrogens is 504 g/mol. The maximum absolute atomic E-state index is 15.7. The minimum absolute atomic E-state index is 0.0964. The highest BCUT2D eigenvalue weighted by atomic mass is 19.4. The topological polar surface area (TPSA) is 117 Å². The maximum Gasteiger partial charge on any atom is 0.424 e. The molecule has 4 rings (SSSR count). The van der Waals surface area contributed by atoms with Gasteiger partial charge in [-0.1, -0.05) is 36.4 Å². The molecule has 2 aromatic carbocycles. The molecule has 2 heterocycles. The van der Waals surface area contributed by atoms with Gasteiger partial charge in [-0.3, -0.25) is 14.3 Å². The van der Waals surface area contributed by atoms with Gasteiger partial charge in [0.2, 0.25) is 5.60 Å². The van der Waals surface area contributed by atoms with Crippen LogP contribution in [0.15, 0.2) is 82.5 Å². The average molecular weight is 522 g/mol. The first-order valence-electron chi connectivity index (χ1n) is 10.7. The van der Waals surface area contributed by atoms with Crippen LogP contribution in [0.4, 0.5) is 17.6 Å². The Bertz CT molecular complexity index is 1390. The maximum atomic E-state index is 15.7. The molecule has 194 valence electrons. The quantitative estimate of drug-likeness (QED) is 0.391. The molecule has 1 N–H and O–H groups in total. The molecule has 4 atom stereocenters. The van der Waals surface area contributed by atoms with Gasteiger partial charge >= 0.3 is 23.8 Å². The lowest BCUT2D eigenvalue weighted by Gasteiger charge is -2.34. The van der Waals surface area contributed by atoms with Crippen LogP contribution >= 0.6 is 0 Å². The molecule has 0 saturated carbocycles. The second kappa shape index (κ2) is 10.0. The summed E-state index contributed by atoms with van der Waals surface area (Å²) in [6, 6.07) is 14.6. The van der Waals surface area contributed by atoms with Crippen LogP contribution in [0.5, 0.6) is 0 Å². The second-order valence-electron chi connectivity index (χ2n) is 7.99. The lowest BCUT2D eigenvalue weighted by Crippen LogP contribution is -2.59. The highest BCUT2D eigenvalue weighted by Gasteiger charge is 2.72. The van der Waals surface area contributed by atoms with Crippen molar-refractivity contribution in [1.29, 1.82) is 0 Å². The number of aromatic nitrogens is 2. The number of carbonyl (C=O) groups is 2. The fraction of sp³-hybridized carbons (Fsp3) is 0.250. The van der Waals surface area contributed by atoms with Crippen LogP contribution in [0.1, 0.15) is 26.9 Å². The fourth-order valence-electron chi connectivity index (χ4n) is 3.77. The third kappa shape index (κ3) is 5.03. The van der Waals surface area contributed by atoms with Gasteiger partial charge in [0.05, 0.1) is 11.1 Å². The average Bonchev–Trinajstić information content (AvgIpc) is 3.16. The number of aromatic amines is 1. The molecule has 1 aromatic heterocycles. The molecule has 37 heavy (non-hydrogen) atoms. The summed E-state index contributed by atoms with van der Waals surface area (Å²) < 4.78 is 74.7. The predicted molar refractivity (Wildman–Crippen MR) is 117 cm³/mol. The third-order valence-electron chi connectivity index (χ3n) is 5.63. The van der Waals surface area contributed by atoms with E-state index in [0.717, 1.165) is 12.3 Å². The highest BCUT2D eigenvalue weighted by Crippen LogP contribution is 2.49. The smallest absolute Gasteiger partial charge is 0.424 e. The van der Waals surface area contributed by atoms with Gasteiger partial charge in [-0.25, -0.2) is 18.8 Å². The number of benzene rings is 2. The summed E-state index contributed by atoms with van der Waals surface area (Å²) in [5.41, 5.74) is -6.15. The number of halogens is 4. The number of hydrogen-bond donors (Lipinski definition) is 1. The summed E-state index contributed by atoms with van der Waals surface area (Å²) in [6.07, 6.45) is -12.5. The van der Waals surface area contributed by atoms with E-state index in [2.05, 4.69) is 0 Å². The van der Waals surface area contributed by atoms with Crippen molar-refractivity contribution in [2.45, 2.75) is 30.3 Å². The minimum atomic E-state index is -5.46. The Labute approximate surface area is 205 Å². The normalized spacial score (nSPS) is 23.4. The molecular formula is C24H18F4N2O7. The van der Waals surface area contributed by atoms with E-state index in [1.165, 1.54) is 54.6 Å². The van der Waals surface area contributed by atoms with Crippen molar-refractivity contribution in [2.75, 3.05) is 6.61 Å². The monoisotopic (exact) mass is 522 g/mol. The number of alkyl halides is 4. The van der Waals surface area contributed by atoms with Crippen molar-refractivity contribution in [3.05, 3.63) is 105 Å². The molecule has 13 heteroatoms. The van der Waals surface area contributed by atoms with Gasteiger partial charge in [0.1, 0.15) is 6.61 Å². The van der Waals surface area contributed by atoms with Crippen LogP contribution in [0.3, 0.4) is 0 Å². The summed E-state index contributed by atoms with van der Waals surface area (Å²) in [5.74, 6) is -2.49. The molecule has 0 amide bonds. The van der Waals surface area contributed by atoms with E-state index >= 15 is 4.39 Å². The van der Waals surface area contributed by atoms with Crippen molar-refractivity contribution >= 4 is 11.9 Å². The van der Waals surface area contributed by atoms with Crippen LogP contribution in [-0.4, -0.2) is 52.1 Å². The number of hydrogen-bond acceptors (Lipinski definition) is 7. The Morgan fingerprint density at radius 2 is 1.51 bits per heavy atom. The molecule has 1 saturated heterocycles. The van der Waals surface area contributed by atoms with E-state index in [9.17, 15) is 32.3 Å². The van der Waals surface area contributed by atoms with Crippen LogP contribution in [-0.2, 0) is 14.2 Å². The number of nitrogens with zero attached hydrogens (tertiary/aromatic N) is 1. The first kappa shape index (κ1) is 25.8. The van der Waals surface area contributed by atoms with Crippen molar-refractivity contribution in [2.24, 2.45) is 0 Å². The molecule has 0 bridgehead atoms. The van der Waals surface area contributed by atoms with Crippen molar-refractivity contribution in [3.63, 3.8) is 0 Å². The third-order valence-corrected chi connectivity index (χ3v) is 5.63. The first-order chi connectivity index (χ1) is 17.5. The van der Waals surface area contributed by atoms with E-state index in [0.29, 0.717) is 4.57 Å². The molecule has 3 aromatic rings. The van der Waals surface area contributed by atoms with Crippen LogP contribution in [0.2, 0.25) is 0 Å². The van der Waals surface area contributed by atoms with Gasteiger partial charge in [-0.2, -0.15) is 13.2 Å². The first-order valence-corrected chi connectivity index (χ1v) is 10.7. The van der Waals surface area contributed by atoms with Crippen LogP contribution in [0, 0.1) is 0 Å². The zero-order valence-corrected chi connectivity index (χ0v) is 18.7. The molecule has 0 spiro atoms. The molecule has 9 nitrogen and oxygen atoms in total. The minimum Gasteiger partial charge on any atom is -0.458 e. The molecule has 0 unspecified atom stereocenters. The lowest BCUT2D eigenvalue weighted by atomic mass is 9.95. The Hall–Kier alpha value is -4.26. The van der Waals surface area contributed by atoms with Gasteiger partial charge in [0.25, 0.3) is 5.56 Å². The second-order valence-corrected chi connectivity index (χ2v) is 7.99. The van der Waals surface area contributed by atoms with Gasteiger partial charge in [-0.05, 0) is 24.3 Å². The van der Waals surface area contributed by atoms with Crippen LogP contribution in [0.25, 0.3) is 0 Å². The number of esters is 2. The Morgan fingerprint density at radius 3 is 2.05 bits per heavy atom. The Kier molecular flexibility index (Phi) is 6.99. The molecule has 1 aliphatic rings. The SMILES string of the molecule is O=C(OC[C@@]1(C(F)(F)F)O[C@H](n2ccc(=O)[nH]c2=O)[C@H](F)[C@@H]1OC(=O)c1ccccc1)c1ccccc1. The number of nitrogens with one attached hydrogen (secondary N) is 1. The summed E-state index contributed by atoms with van der Waals surface area (Å²) >= 11 is 0. The van der Waals surface area contributed by atoms with E-state index in [4.69, 9.17) is 14.2 Å². The number of ether oxygens (including phenoxy) is 3. The van der Waals surface area contributed by atoms with Crippen molar-refractivity contribution in [3.8, 4) is 0 Å². The fourth-order valence-corrected chi connectivity index (χ4v) is 3.77. The van der Waals surface area contributed by atoms with E-state index in [-0.39, 0.29) is 11.1 Å². The van der Waals surface area contributed by atoms with Gasteiger partial charge in [0, 0.05) is 12.3 Å². The summed E-state index contributed by atoms with van der Waals surface area (Å²) in [4.78, 5) is 50.4. The Morgan fingerprint density at radius 1 is 0.946 bits per heavy atom. The Balaban J connectivity index is 1.75. The van der Waals surface area contributed by atoms with E-state index in [1.54, 1.807) is 11.1 Å². The molecule has 0 radical (unpaired) electrons. The summed E-state index contributed by atoms with van der Waals surface area (Å²) in [6.45, 7) is -1.61. The van der Waals surface area contributed by atoms with Gasteiger partial charge < -0.3 is 14.2 Å². The summed E-state index contributed by atoms with van der Waals surface area (Å²) in [5, 5.41) is 0. The van der Waals surface area contributed by atoms with Crippen molar-refractivity contribution < 1.29 is 41.4 Å². The van der Waals surface area contributed by atoms with E-state index < -0.39 is 60.1 Å². The zero-order valence-electron chi connectivity index (χ0n) is 18.7. The largest absolute Gasteiger partial charge is 0.458 e. The van der Waals surface area contributed by atoms with Gasteiger partial charge in [0.15, 0.2) is 18.5 Å². The molecule has 1 aliphatic heterocycles. The molecule has 0 aliphatic carbocycles. The van der Waals surface area contributed by atoms with Crippen molar-refractivity contribution in [1.82, 2.24) is 9.55 Å². The standard InChI is InChI=1S/C24H18F4N2O7/c25-17-18(36-21(33)15-9-5-2-6-10-15)23(24(26,27)28,13-35-20(32)14-7-3-1-4-8-14)37-19(17)30-12-11-16(31)29-22(30)34/h1-12,17-19H,13H2,(H,29,31,34)/t17-,18+,19+,23-/m1/s1. The number of rotatable bonds is 6. The highest BCUT2D eigenvalue weighted by molar-refractivity contribution is 5.90. The molecule has 1 fully saturated rings. The number of H-pyrrole nitrogens is 1.